The fourth-order valence-electron chi connectivity index (χ4n) is 2.50. The third kappa shape index (κ3) is 4.89. The molecule has 2 atom stereocenters. The number of benzene rings is 1. The summed E-state index contributed by atoms with van der Waals surface area (Å²) < 4.78 is 43.8. The van der Waals surface area contributed by atoms with Gasteiger partial charge in [0, 0.05) is 6.61 Å². The van der Waals surface area contributed by atoms with Crippen LogP contribution in [0.15, 0.2) is 23.1 Å². The SMILES string of the molecule is COc1ccc(C(=O)O)cc1S(=O)(=O)N[C@@H]1CCOC[C@H]1OCCO. The predicted molar refractivity (Wildman–Crippen MR) is 86.3 cm³/mol. The third-order valence-corrected chi connectivity index (χ3v) is 5.25. The number of carboxylic acids is 1. The second-order valence-electron chi connectivity index (χ2n) is 5.40. The second kappa shape index (κ2) is 8.59. The number of carboxylic acid groups (broad SMARTS) is 1. The van der Waals surface area contributed by atoms with Gasteiger partial charge in [-0.25, -0.2) is 17.9 Å². The van der Waals surface area contributed by atoms with Gasteiger partial charge < -0.3 is 24.4 Å². The Hall–Kier alpha value is -1.72. The van der Waals surface area contributed by atoms with Gasteiger partial charge in [-0.1, -0.05) is 0 Å². The summed E-state index contributed by atoms with van der Waals surface area (Å²) in [5.41, 5.74) is -0.166. The zero-order valence-electron chi connectivity index (χ0n) is 13.7. The van der Waals surface area contributed by atoms with Crippen LogP contribution in [-0.2, 0) is 19.5 Å². The van der Waals surface area contributed by atoms with E-state index in [1.165, 1.54) is 19.2 Å². The molecule has 1 aromatic rings. The Morgan fingerprint density at radius 2 is 2.20 bits per heavy atom. The van der Waals surface area contributed by atoms with Crippen LogP contribution in [-0.4, -0.2) is 70.3 Å². The highest BCUT2D eigenvalue weighted by Gasteiger charge is 2.32. The maximum atomic E-state index is 12.7. The molecule has 0 radical (unpaired) electrons. The van der Waals surface area contributed by atoms with Crippen LogP contribution in [0.3, 0.4) is 0 Å². The zero-order chi connectivity index (χ0) is 18.4. The van der Waals surface area contributed by atoms with E-state index < -0.39 is 28.1 Å². The lowest BCUT2D eigenvalue weighted by molar-refractivity contribution is -0.0714. The Balaban J connectivity index is 2.28. The van der Waals surface area contributed by atoms with Crippen molar-refractivity contribution >= 4 is 16.0 Å². The maximum Gasteiger partial charge on any atom is 0.335 e. The van der Waals surface area contributed by atoms with Gasteiger partial charge in [-0.15, -0.1) is 0 Å². The van der Waals surface area contributed by atoms with Crippen molar-refractivity contribution in [1.29, 1.82) is 0 Å². The van der Waals surface area contributed by atoms with E-state index in [1.54, 1.807) is 0 Å². The molecule has 0 unspecified atom stereocenters. The number of ether oxygens (including phenoxy) is 3. The summed E-state index contributed by atoms with van der Waals surface area (Å²) in [4.78, 5) is 10.9. The summed E-state index contributed by atoms with van der Waals surface area (Å²) >= 11 is 0. The van der Waals surface area contributed by atoms with Gasteiger partial charge in [-0.2, -0.15) is 0 Å². The molecule has 0 bridgehead atoms. The minimum atomic E-state index is -4.05. The van der Waals surface area contributed by atoms with Gasteiger partial charge in [0.05, 0.1) is 44.6 Å². The average molecular weight is 375 g/mol. The van der Waals surface area contributed by atoms with E-state index in [0.29, 0.717) is 13.0 Å². The molecule has 1 aliphatic rings. The molecule has 0 amide bonds. The minimum absolute atomic E-state index is 0.0392. The molecule has 2 rings (SSSR count). The first-order valence-electron chi connectivity index (χ1n) is 7.63. The number of hydrogen-bond donors (Lipinski definition) is 3. The van der Waals surface area contributed by atoms with E-state index in [9.17, 15) is 13.2 Å². The number of hydrogen-bond acceptors (Lipinski definition) is 7. The van der Waals surface area contributed by atoms with Crippen molar-refractivity contribution in [2.24, 2.45) is 0 Å². The number of methoxy groups -OCH3 is 1. The van der Waals surface area contributed by atoms with E-state index >= 15 is 0 Å². The number of carbonyl (C=O) groups is 1. The molecule has 9 nitrogen and oxygen atoms in total. The van der Waals surface area contributed by atoms with Gasteiger partial charge in [-0.3, -0.25) is 0 Å². The Kier molecular flexibility index (Phi) is 6.73. The zero-order valence-corrected chi connectivity index (χ0v) is 14.5. The molecule has 25 heavy (non-hydrogen) atoms. The summed E-state index contributed by atoms with van der Waals surface area (Å²) in [6.07, 6.45) is -0.166. The number of sulfonamides is 1. The number of nitrogens with one attached hydrogen (secondary N) is 1. The molecule has 1 aromatic carbocycles. The van der Waals surface area contributed by atoms with Crippen LogP contribution in [0.1, 0.15) is 16.8 Å². The van der Waals surface area contributed by atoms with Crippen LogP contribution in [0.2, 0.25) is 0 Å². The van der Waals surface area contributed by atoms with Gasteiger partial charge >= 0.3 is 5.97 Å². The van der Waals surface area contributed by atoms with Gasteiger partial charge in [0.1, 0.15) is 10.6 Å². The largest absolute Gasteiger partial charge is 0.495 e. The summed E-state index contributed by atoms with van der Waals surface area (Å²) in [6.45, 7) is 0.423. The lowest BCUT2D eigenvalue weighted by Gasteiger charge is -2.31. The monoisotopic (exact) mass is 375 g/mol. The van der Waals surface area contributed by atoms with Crippen LogP contribution >= 0.6 is 0 Å². The molecule has 1 heterocycles. The first-order valence-corrected chi connectivity index (χ1v) is 9.11. The van der Waals surface area contributed by atoms with Gasteiger partial charge in [-0.05, 0) is 24.6 Å². The summed E-state index contributed by atoms with van der Waals surface area (Å²) in [5, 5.41) is 18.0. The molecule has 0 aromatic heterocycles. The standard InChI is InChI=1S/C15H21NO8S/c1-22-12-3-2-10(15(18)19)8-14(12)25(20,21)16-11-4-6-23-9-13(11)24-7-5-17/h2-3,8,11,13,16-17H,4-7,9H2,1H3,(H,18,19)/t11-,13-/m1/s1. The first-order chi connectivity index (χ1) is 11.9. The Labute approximate surface area is 145 Å². The minimum Gasteiger partial charge on any atom is -0.495 e. The van der Waals surface area contributed by atoms with Crippen molar-refractivity contribution in [3.63, 3.8) is 0 Å². The second-order valence-corrected chi connectivity index (χ2v) is 7.08. The van der Waals surface area contributed by atoms with Crippen molar-refractivity contribution in [2.75, 3.05) is 33.5 Å². The quantitative estimate of drug-likeness (QED) is 0.571. The van der Waals surface area contributed by atoms with Gasteiger partial charge in [0.15, 0.2) is 0 Å². The summed E-state index contributed by atoms with van der Waals surface area (Å²) in [6, 6.07) is 3.04. The van der Waals surface area contributed by atoms with Gasteiger partial charge in [0.25, 0.3) is 0 Å². The van der Waals surface area contributed by atoms with Crippen molar-refractivity contribution in [2.45, 2.75) is 23.5 Å². The molecule has 1 aliphatic heterocycles. The highest BCUT2D eigenvalue weighted by molar-refractivity contribution is 7.89. The summed E-state index contributed by atoms with van der Waals surface area (Å²) in [5.74, 6) is -1.20. The Morgan fingerprint density at radius 3 is 2.84 bits per heavy atom. The normalized spacial score (nSPS) is 21.0. The maximum absolute atomic E-state index is 12.7. The highest BCUT2D eigenvalue weighted by Crippen LogP contribution is 2.26. The number of rotatable bonds is 8. The lowest BCUT2D eigenvalue weighted by Crippen LogP contribution is -2.50. The topological polar surface area (TPSA) is 131 Å². The number of aliphatic hydroxyl groups is 1. The van der Waals surface area contributed by atoms with E-state index in [-0.39, 0.29) is 36.0 Å². The molecular weight excluding hydrogens is 354 g/mol. The van der Waals surface area contributed by atoms with E-state index in [1.807, 2.05) is 0 Å². The van der Waals surface area contributed by atoms with Crippen LogP contribution < -0.4 is 9.46 Å². The molecule has 0 saturated carbocycles. The van der Waals surface area contributed by atoms with Crippen molar-refractivity contribution in [3.05, 3.63) is 23.8 Å². The van der Waals surface area contributed by atoms with Crippen molar-refractivity contribution in [1.82, 2.24) is 4.72 Å². The van der Waals surface area contributed by atoms with Gasteiger partial charge in [0.2, 0.25) is 10.0 Å². The van der Waals surface area contributed by atoms with E-state index in [4.69, 9.17) is 24.4 Å². The molecule has 10 heteroatoms. The van der Waals surface area contributed by atoms with Crippen molar-refractivity contribution in [3.8, 4) is 5.75 Å². The molecule has 0 spiro atoms. The van der Waals surface area contributed by atoms with E-state index in [2.05, 4.69) is 4.72 Å². The summed E-state index contributed by atoms with van der Waals surface area (Å²) in [7, 11) is -2.75. The number of aliphatic hydroxyl groups excluding tert-OH is 1. The molecular formula is C15H21NO8S. The number of aromatic carboxylic acids is 1. The Morgan fingerprint density at radius 1 is 1.44 bits per heavy atom. The van der Waals surface area contributed by atoms with E-state index in [0.717, 1.165) is 6.07 Å². The Bertz CT molecular complexity index is 705. The van der Waals surface area contributed by atoms with Crippen molar-refractivity contribution < 1.29 is 37.6 Å². The molecule has 0 aliphatic carbocycles. The van der Waals surface area contributed by atoms with Crippen LogP contribution in [0.5, 0.6) is 5.75 Å². The molecule has 140 valence electrons. The molecule has 3 N–H and O–H groups in total. The lowest BCUT2D eigenvalue weighted by atomic mass is 10.1. The van der Waals surface area contributed by atoms with Crippen LogP contribution in [0.4, 0.5) is 0 Å². The molecule has 1 fully saturated rings. The first kappa shape index (κ1) is 19.6. The highest BCUT2D eigenvalue weighted by atomic mass is 32.2. The molecule has 1 saturated heterocycles. The fourth-order valence-corrected chi connectivity index (χ4v) is 3.99. The smallest absolute Gasteiger partial charge is 0.335 e. The fraction of sp³-hybridized carbons (Fsp3) is 0.533. The third-order valence-electron chi connectivity index (χ3n) is 3.73. The van der Waals surface area contributed by atoms with Crippen LogP contribution in [0.25, 0.3) is 0 Å². The van der Waals surface area contributed by atoms with Crippen LogP contribution in [0, 0.1) is 0 Å². The average Bonchev–Trinajstić information content (AvgIpc) is 2.60. The predicted octanol–water partition coefficient (Wildman–Crippen LogP) is -0.162.